The van der Waals surface area contributed by atoms with Crippen LogP contribution < -0.4 is 34.7 Å². The van der Waals surface area contributed by atoms with Crippen LogP contribution in [0.2, 0.25) is 0 Å². The molecule has 1 rings (SSSR count). The zero-order valence-electron chi connectivity index (χ0n) is 14.0. The Morgan fingerprint density at radius 2 is 1.77 bits per heavy atom. The normalized spacial score (nSPS) is 21.3. The van der Waals surface area contributed by atoms with Crippen molar-refractivity contribution in [3.8, 4) is 0 Å². The van der Waals surface area contributed by atoms with Gasteiger partial charge in [-0.15, -0.1) is 0 Å². The van der Waals surface area contributed by atoms with Gasteiger partial charge >= 0.3 is 35.5 Å². The fourth-order valence-electron chi connectivity index (χ4n) is 2.80. The van der Waals surface area contributed by atoms with Gasteiger partial charge in [-0.1, -0.05) is 31.9 Å². The number of carboxylic acids is 1. The van der Waals surface area contributed by atoms with E-state index in [1.165, 1.54) is 0 Å². The largest absolute Gasteiger partial charge is 1.00 e. The Morgan fingerprint density at radius 1 is 1.09 bits per heavy atom. The van der Waals surface area contributed by atoms with Crippen molar-refractivity contribution in [1.82, 2.24) is 0 Å². The van der Waals surface area contributed by atoms with Gasteiger partial charge in [-0.25, -0.2) is 0 Å². The van der Waals surface area contributed by atoms with Crippen molar-refractivity contribution in [2.24, 2.45) is 11.8 Å². The number of hydrogen-bond donors (Lipinski definition) is 0. The fraction of sp³-hybridized carbons (Fsp3) is 0.765. The standard InChI is InChI=1S/C17H28O4.Na/c1-2-3-4-5-6-7-10-13-21-17(20)15-12-9-8-11-14(15)16(18)19;/h3-4,14-15H,2,5-13H2,1H3,(H,18,19);/q;+1/p-1/b4-3+;. The van der Waals surface area contributed by atoms with E-state index in [9.17, 15) is 14.7 Å². The molecule has 0 amide bonds. The maximum atomic E-state index is 12.0. The first-order valence-electron chi connectivity index (χ1n) is 8.19. The van der Waals surface area contributed by atoms with Gasteiger partial charge in [0.25, 0.3) is 0 Å². The van der Waals surface area contributed by atoms with Crippen LogP contribution in [0.25, 0.3) is 0 Å². The minimum absolute atomic E-state index is 0. The summed E-state index contributed by atoms with van der Waals surface area (Å²) in [6.45, 7) is 2.51. The summed E-state index contributed by atoms with van der Waals surface area (Å²) in [5, 5.41) is 11.0. The number of aliphatic carboxylic acids is 1. The van der Waals surface area contributed by atoms with Gasteiger partial charge in [0.2, 0.25) is 0 Å². The molecule has 5 heteroatoms. The maximum absolute atomic E-state index is 12.0. The molecule has 0 aromatic rings. The van der Waals surface area contributed by atoms with Crippen molar-refractivity contribution in [3.05, 3.63) is 12.2 Å². The summed E-state index contributed by atoms with van der Waals surface area (Å²) in [6, 6.07) is 0. The Bertz CT molecular complexity index is 355. The number of allylic oxidation sites excluding steroid dienone is 2. The molecule has 4 nitrogen and oxygen atoms in total. The summed E-state index contributed by atoms with van der Waals surface area (Å²) in [5.74, 6) is -2.63. The predicted molar refractivity (Wildman–Crippen MR) is 79.3 cm³/mol. The second kappa shape index (κ2) is 13.1. The Labute approximate surface area is 156 Å². The van der Waals surface area contributed by atoms with Crippen molar-refractivity contribution in [2.75, 3.05) is 6.61 Å². The summed E-state index contributed by atoms with van der Waals surface area (Å²) >= 11 is 0. The zero-order chi connectivity index (χ0) is 15.5. The van der Waals surface area contributed by atoms with Crippen LogP contribution in [-0.2, 0) is 14.3 Å². The minimum atomic E-state index is -1.11. The van der Waals surface area contributed by atoms with E-state index >= 15 is 0 Å². The number of carbonyl (C=O) groups excluding carboxylic acids is 2. The Balaban J connectivity index is 0.00000441. The first kappa shape index (κ1) is 21.7. The third-order valence-corrected chi connectivity index (χ3v) is 4.03. The molecular weight excluding hydrogens is 291 g/mol. The van der Waals surface area contributed by atoms with E-state index in [0.29, 0.717) is 19.4 Å². The summed E-state index contributed by atoms with van der Waals surface area (Å²) in [5.41, 5.74) is 0. The van der Waals surface area contributed by atoms with Crippen LogP contribution in [0.1, 0.15) is 64.7 Å². The molecule has 0 aromatic carbocycles. The second-order valence-electron chi connectivity index (χ2n) is 5.71. The molecule has 0 aromatic heterocycles. The van der Waals surface area contributed by atoms with Crippen molar-refractivity contribution in [2.45, 2.75) is 64.7 Å². The van der Waals surface area contributed by atoms with Crippen LogP contribution in [-0.4, -0.2) is 18.5 Å². The van der Waals surface area contributed by atoms with E-state index < -0.39 is 17.8 Å². The molecule has 0 bridgehead atoms. The zero-order valence-corrected chi connectivity index (χ0v) is 16.0. The quantitative estimate of drug-likeness (QED) is 0.251. The molecular formula is C17H27NaO4. The molecule has 1 saturated carbocycles. The number of unbranched alkanes of at least 4 members (excludes halogenated alkanes) is 3. The summed E-state index contributed by atoms with van der Waals surface area (Å²) in [4.78, 5) is 23.0. The van der Waals surface area contributed by atoms with Crippen LogP contribution in [0.15, 0.2) is 12.2 Å². The average molecular weight is 318 g/mol. The van der Waals surface area contributed by atoms with Crippen LogP contribution in [0.3, 0.4) is 0 Å². The number of carbonyl (C=O) groups is 2. The number of rotatable bonds is 9. The number of carboxylic acid groups (broad SMARTS) is 1. The molecule has 22 heavy (non-hydrogen) atoms. The fourth-order valence-corrected chi connectivity index (χ4v) is 2.80. The minimum Gasteiger partial charge on any atom is -0.550 e. The van der Waals surface area contributed by atoms with Crippen molar-refractivity contribution < 1.29 is 49.0 Å². The summed E-state index contributed by atoms with van der Waals surface area (Å²) in [7, 11) is 0. The van der Waals surface area contributed by atoms with Gasteiger partial charge in [0.15, 0.2) is 0 Å². The molecule has 0 N–H and O–H groups in total. The van der Waals surface area contributed by atoms with E-state index in [4.69, 9.17) is 4.74 Å². The van der Waals surface area contributed by atoms with E-state index in [2.05, 4.69) is 19.1 Å². The predicted octanol–water partition coefficient (Wildman–Crippen LogP) is -0.383. The molecule has 0 saturated heterocycles. The summed E-state index contributed by atoms with van der Waals surface area (Å²) < 4.78 is 5.24. The van der Waals surface area contributed by atoms with Gasteiger partial charge in [0, 0.05) is 11.9 Å². The van der Waals surface area contributed by atoms with Gasteiger partial charge in [-0.2, -0.15) is 0 Å². The van der Waals surface area contributed by atoms with Crippen LogP contribution >= 0.6 is 0 Å². The van der Waals surface area contributed by atoms with E-state index in [1.54, 1.807) is 0 Å². The third kappa shape index (κ3) is 8.35. The molecule has 0 spiro atoms. The molecule has 0 radical (unpaired) electrons. The van der Waals surface area contributed by atoms with Gasteiger partial charge < -0.3 is 14.6 Å². The van der Waals surface area contributed by atoms with E-state index in [1.807, 2.05) is 0 Å². The number of hydrogen-bond acceptors (Lipinski definition) is 4. The van der Waals surface area contributed by atoms with Crippen molar-refractivity contribution in [1.29, 1.82) is 0 Å². The Kier molecular flexibility index (Phi) is 13.0. The van der Waals surface area contributed by atoms with Crippen molar-refractivity contribution >= 4 is 11.9 Å². The second-order valence-corrected chi connectivity index (χ2v) is 5.71. The maximum Gasteiger partial charge on any atom is 1.00 e. The molecule has 2 unspecified atom stereocenters. The molecule has 2 atom stereocenters. The molecule has 1 aliphatic rings. The molecule has 1 aliphatic carbocycles. The molecule has 1 fully saturated rings. The Hall–Kier alpha value is -0.320. The van der Waals surface area contributed by atoms with Gasteiger partial charge in [0.1, 0.15) is 0 Å². The van der Waals surface area contributed by atoms with Crippen molar-refractivity contribution in [3.63, 3.8) is 0 Å². The number of ether oxygens (including phenoxy) is 1. The molecule has 0 aliphatic heterocycles. The molecule has 120 valence electrons. The first-order chi connectivity index (χ1) is 10.2. The van der Waals surface area contributed by atoms with Crippen LogP contribution in [0.4, 0.5) is 0 Å². The first-order valence-corrected chi connectivity index (χ1v) is 8.19. The monoisotopic (exact) mass is 318 g/mol. The topological polar surface area (TPSA) is 66.4 Å². The van der Waals surface area contributed by atoms with Gasteiger partial charge in [0.05, 0.1) is 12.5 Å². The SMILES string of the molecule is CC/C=C/CCCCCOC(=O)C1CCCCC1C(=O)[O-].[Na+]. The molecule has 0 heterocycles. The Morgan fingerprint density at radius 3 is 2.41 bits per heavy atom. The number of esters is 1. The smallest absolute Gasteiger partial charge is 0.550 e. The van der Waals surface area contributed by atoms with E-state index in [-0.39, 0.29) is 35.5 Å². The van der Waals surface area contributed by atoms with E-state index in [0.717, 1.165) is 44.9 Å². The van der Waals surface area contributed by atoms with Crippen LogP contribution in [0, 0.1) is 11.8 Å². The summed E-state index contributed by atoms with van der Waals surface area (Å²) in [6.07, 6.45) is 12.3. The third-order valence-electron chi connectivity index (χ3n) is 4.03. The average Bonchev–Trinajstić information content (AvgIpc) is 2.49. The van der Waals surface area contributed by atoms with Gasteiger partial charge in [-0.3, -0.25) is 4.79 Å². The van der Waals surface area contributed by atoms with Gasteiger partial charge in [-0.05, 0) is 44.9 Å². The van der Waals surface area contributed by atoms with Crippen LogP contribution in [0.5, 0.6) is 0 Å².